The molecule has 0 atom stereocenters. The van der Waals surface area contributed by atoms with Gasteiger partial charge in [-0.25, -0.2) is 8.42 Å². The molecular formula is C30H21F3NO2S. The molecule has 3 nitrogen and oxygen atoms in total. The third-order valence-corrected chi connectivity index (χ3v) is 7.83. The van der Waals surface area contributed by atoms with Crippen molar-refractivity contribution in [3.05, 3.63) is 132 Å². The molecule has 0 unspecified atom stereocenters. The molecule has 0 N–H and O–H groups in total. The van der Waals surface area contributed by atoms with E-state index in [0.29, 0.717) is 34.1 Å². The molecule has 5 aromatic rings. The molecule has 0 aliphatic heterocycles. The first kappa shape index (κ1) is 24.7. The first-order valence-corrected chi connectivity index (χ1v) is 13.2. The van der Waals surface area contributed by atoms with Gasteiger partial charge in [0, 0.05) is 11.6 Å². The van der Waals surface area contributed by atoms with Gasteiger partial charge in [-0.05, 0) is 58.5 Å². The largest absolute Gasteiger partial charge is 0.418 e. The van der Waals surface area contributed by atoms with Crippen LogP contribution in [-0.2, 0) is 28.2 Å². The van der Waals surface area contributed by atoms with E-state index in [0.717, 1.165) is 11.6 Å². The average Bonchev–Trinajstić information content (AvgIpc) is 2.88. The highest BCUT2D eigenvalue weighted by atomic mass is 32.2. The van der Waals surface area contributed by atoms with Crippen LogP contribution < -0.4 is 0 Å². The van der Waals surface area contributed by atoms with E-state index in [9.17, 15) is 21.6 Å². The van der Waals surface area contributed by atoms with Crippen molar-refractivity contribution in [2.45, 2.75) is 23.2 Å². The molecule has 7 heteroatoms. The van der Waals surface area contributed by atoms with E-state index in [-0.39, 0.29) is 16.2 Å². The number of benzene rings is 4. The minimum Gasteiger partial charge on any atom is -0.255 e. The Bertz CT molecular complexity index is 1670. The lowest BCUT2D eigenvalue weighted by Crippen LogP contribution is -2.08. The quantitative estimate of drug-likeness (QED) is 0.238. The molecule has 0 spiro atoms. The fourth-order valence-electron chi connectivity index (χ4n) is 4.45. The van der Waals surface area contributed by atoms with Gasteiger partial charge in [-0.15, -0.1) is 0 Å². The maximum absolute atomic E-state index is 13.8. The van der Waals surface area contributed by atoms with Gasteiger partial charge in [0.1, 0.15) is 0 Å². The number of sulfone groups is 1. The molecule has 1 radical (unpaired) electrons. The molecule has 0 saturated heterocycles. The van der Waals surface area contributed by atoms with Gasteiger partial charge in [0.2, 0.25) is 0 Å². The Labute approximate surface area is 213 Å². The van der Waals surface area contributed by atoms with Crippen LogP contribution in [0.1, 0.15) is 22.3 Å². The van der Waals surface area contributed by atoms with Crippen LogP contribution >= 0.6 is 0 Å². The molecule has 4 aromatic carbocycles. The van der Waals surface area contributed by atoms with Gasteiger partial charge in [0.15, 0.2) is 9.84 Å². The summed E-state index contributed by atoms with van der Waals surface area (Å²) in [6, 6.07) is 29.4. The Balaban J connectivity index is 1.69. The summed E-state index contributed by atoms with van der Waals surface area (Å²) < 4.78 is 67.9. The fourth-order valence-corrected chi connectivity index (χ4v) is 5.84. The van der Waals surface area contributed by atoms with Gasteiger partial charge in [-0.3, -0.25) is 4.98 Å². The molecule has 0 amide bonds. The van der Waals surface area contributed by atoms with E-state index in [4.69, 9.17) is 0 Å². The van der Waals surface area contributed by atoms with Crippen molar-refractivity contribution in [2.75, 3.05) is 0 Å². The minimum atomic E-state index is -4.58. The van der Waals surface area contributed by atoms with E-state index in [1.165, 1.54) is 24.4 Å². The monoisotopic (exact) mass is 516 g/mol. The van der Waals surface area contributed by atoms with Gasteiger partial charge < -0.3 is 0 Å². The predicted molar refractivity (Wildman–Crippen MR) is 138 cm³/mol. The Morgan fingerprint density at radius 2 is 1.54 bits per heavy atom. The van der Waals surface area contributed by atoms with Crippen LogP contribution in [0.15, 0.2) is 108 Å². The number of fused-ring (bicyclic) bond motifs is 1. The molecule has 0 saturated carbocycles. The van der Waals surface area contributed by atoms with Gasteiger partial charge in [-0.2, -0.15) is 13.2 Å². The summed E-state index contributed by atoms with van der Waals surface area (Å²) in [5.41, 5.74) is 2.33. The average molecular weight is 517 g/mol. The van der Waals surface area contributed by atoms with Crippen molar-refractivity contribution in [1.82, 2.24) is 4.98 Å². The summed E-state index contributed by atoms with van der Waals surface area (Å²) in [6.45, 7) is 0. The highest BCUT2D eigenvalue weighted by Gasteiger charge is 2.33. The molecule has 5 rings (SSSR count). The number of hydrogen-bond acceptors (Lipinski definition) is 3. The maximum atomic E-state index is 13.8. The number of hydrogen-bond donors (Lipinski definition) is 0. The van der Waals surface area contributed by atoms with Gasteiger partial charge in [0.05, 0.1) is 21.7 Å². The molecule has 0 aliphatic carbocycles. The van der Waals surface area contributed by atoms with E-state index in [1.807, 2.05) is 30.3 Å². The standard InChI is InChI=1S/C30H21F3NO2S/c31-30(32,33)27-16-8-15-26-28(24(19-34-29(26)27)17-21-9-3-1-4-10-21)23-13-7-14-25(18-23)37(35,36)20-22-11-5-2-6-12-22/h1,3-16,18-19H,17,20H2. The van der Waals surface area contributed by atoms with Gasteiger partial charge in [0.25, 0.3) is 0 Å². The zero-order valence-electron chi connectivity index (χ0n) is 19.5. The Kier molecular flexibility index (Phi) is 6.56. The third kappa shape index (κ3) is 5.27. The van der Waals surface area contributed by atoms with Crippen molar-refractivity contribution in [3.8, 4) is 11.1 Å². The second-order valence-electron chi connectivity index (χ2n) is 8.72. The lowest BCUT2D eigenvalue weighted by molar-refractivity contribution is -0.136. The number of alkyl halides is 3. The number of nitrogens with zero attached hydrogens (tertiary/aromatic N) is 1. The summed E-state index contributed by atoms with van der Waals surface area (Å²) in [5.74, 6) is -0.197. The van der Waals surface area contributed by atoms with E-state index in [1.54, 1.807) is 42.5 Å². The Hall–Kier alpha value is -3.97. The fraction of sp³-hybridized carbons (Fsp3) is 0.100. The number of pyridine rings is 1. The second kappa shape index (κ2) is 9.82. The van der Waals surface area contributed by atoms with Crippen molar-refractivity contribution in [3.63, 3.8) is 0 Å². The Morgan fingerprint density at radius 3 is 2.27 bits per heavy atom. The first-order chi connectivity index (χ1) is 17.7. The van der Waals surface area contributed by atoms with Crippen LogP contribution in [0, 0.1) is 6.07 Å². The number of para-hydroxylation sites is 1. The van der Waals surface area contributed by atoms with E-state index < -0.39 is 21.6 Å². The van der Waals surface area contributed by atoms with Crippen molar-refractivity contribution >= 4 is 20.7 Å². The molecule has 0 bridgehead atoms. The van der Waals surface area contributed by atoms with E-state index >= 15 is 0 Å². The Morgan fingerprint density at radius 1 is 0.811 bits per heavy atom. The summed E-state index contributed by atoms with van der Waals surface area (Å²) in [7, 11) is -3.71. The zero-order valence-corrected chi connectivity index (χ0v) is 20.4. The van der Waals surface area contributed by atoms with Gasteiger partial charge in [-0.1, -0.05) is 78.9 Å². The topological polar surface area (TPSA) is 47.0 Å². The summed E-state index contributed by atoms with van der Waals surface area (Å²) >= 11 is 0. The molecule has 1 heterocycles. The van der Waals surface area contributed by atoms with Crippen LogP contribution in [0.3, 0.4) is 0 Å². The predicted octanol–water partition coefficient (Wildman–Crippen LogP) is 7.29. The highest BCUT2D eigenvalue weighted by molar-refractivity contribution is 7.90. The normalized spacial score (nSPS) is 12.1. The van der Waals surface area contributed by atoms with Crippen LogP contribution in [0.5, 0.6) is 0 Å². The van der Waals surface area contributed by atoms with Crippen LogP contribution in [0.2, 0.25) is 0 Å². The number of rotatable bonds is 6. The molecular weight excluding hydrogens is 495 g/mol. The summed E-state index contributed by atoms with van der Waals surface area (Å²) in [6.07, 6.45) is -2.70. The smallest absolute Gasteiger partial charge is 0.255 e. The van der Waals surface area contributed by atoms with Crippen LogP contribution in [0.4, 0.5) is 13.2 Å². The number of aromatic nitrogens is 1. The lowest BCUT2D eigenvalue weighted by Gasteiger charge is -2.17. The molecule has 185 valence electrons. The lowest BCUT2D eigenvalue weighted by atomic mass is 9.92. The maximum Gasteiger partial charge on any atom is 0.418 e. The van der Waals surface area contributed by atoms with Crippen LogP contribution in [-0.4, -0.2) is 13.4 Å². The van der Waals surface area contributed by atoms with Crippen LogP contribution in [0.25, 0.3) is 22.0 Å². The molecule has 37 heavy (non-hydrogen) atoms. The molecule has 0 aliphatic rings. The van der Waals surface area contributed by atoms with Crippen molar-refractivity contribution in [1.29, 1.82) is 0 Å². The van der Waals surface area contributed by atoms with Crippen molar-refractivity contribution < 1.29 is 21.6 Å². The number of halogens is 3. The third-order valence-electron chi connectivity index (χ3n) is 6.14. The SMILES string of the molecule is O=S(=O)(Cc1cc[c]cc1)c1cccc(-c2c(Cc3ccccc3)cnc3c(C(F)(F)F)cccc23)c1. The van der Waals surface area contributed by atoms with Gasteiger partial charge >= 0.3 is 6.18 Å². The summed E-state index contributed by atoms with van der Waals surface area (Å²) in [5, 5.41) is 0.316. The molecule has 1 aromatic heterocycles. The highest BCUT2D eigenvalue weighted by Crippen LogP contribution is 2.39. The molecule has 0 fully saturated rings. The first-order valence-electron chi connectivity index (χ1n) is 11.5. The van der Waals surface area contributed by atoms with Crippen molar-refractivity contribution in [2.24, 2.45) is 0 Å². The zero-order chi connectivity index (χ0) is 26.0. The summed E-state index contributed by atoms with van der Waals surface area (Å²) in [4.78, 5) is 4.31. The minimum absolute atomic E-state index is 0.0976. The second-order valence-corrected chi connectivity index (χ2v) is 10.7. The van der Waals surface area contributed by atoms with E-state index in [2.05, 4.69) is 11.1 Å².